The highest BCUT2D eigenvalue weighted by Crippen LogP contribution is 2.37. The molecule has 0 spiro atoms. The van der Waals surface area contributed by atoms with E-state index in [1.807, 2.05) is 27.7 Å². The second-order valence-corrected chi connectivity index (χ2v) is 19.7. The minimum absolute atomic E-state index is 0. The molecule has 2 aromatic carbocycles. The summed E-state index contributed by atoms with van der Waals surface area (Å²) in [6.07, 6.45) is 9.98. The monoisotopic (exact) mass is 978 g/mol. The number of halogens is 2. The van der Waals surface area contributed by atoms with Gasteiger partial charge in [0.2, 0.25) is 17.7 Å². The van der Waals surface area contributed by atoms with E-state index in [1.54, 1.807) is 52.2 Å². The van der Waals surface area contributed by atoms with Crippen molar-refractivity contribution in [2.24, 2.45) is 5.14 Å². The molecule has 2 fully saturated rings. The minimum atomic E-state index is -4.13. The number of benzene rings is 2. The molecular formula is C47H56F2N8O9S2. The number of carboxylic acid groups (broad SMARTS) is 1. The largest absolute Gasteiger partial charge is 0.481 e. The first-order valence-corrected chi connectivity index (χ1v) is 24.3. The van der Waals surface area contributed by atoms with E-state index in [-0.39, 0.29) is 54.0 Å². The Morgan fingerprint density at radius 3 is 1.53 bits per heavy atom. The maximum Gasteiger partial charge on any atom is 0.307 e. The number of amides is 1. The first kappa shape index (κ1) is 52.4. The summed E-state index contributed by atoms with van der Waals surface area (Å²) in [7, 11) is -4.78. The molecule has 4 heterocycles. The lowest BCUT2D eigenvalue weighted by Crippen LogP contribution is -2.32. The molecule has 364 valence electrons. The predicted molar refractivity (Wildman–Crippen MR) is 250 cm³/mol. The lowest BCUT2D eigenvalue weighted by molar-refractivity contribution is -0.136. The van der Waals surface area contributed by atoms with Crippen LogP contribution in [0.2, 0.25) is 0 Å². The molecule has 68 heavy (non-hydrogen) atoms. The summed E-state index contributed by atoms with van der Waals surface area (Å²) in [5.74, 6) is -1.86. The number of primary sulfonamides is 1. The fraction of sp³-hybridized carbons (Fsp3) is 0.362. The van der Waals surface area contributed by atoms with E-state index < -0.39 is 37.7 Å². The number of aromatic nitrogens is 6. The van der Waals surface area contributed by atoms with Gasteiger partial charge in [-0.2, -0.15) is 18.6 Å². The number of nitrogens with zero attached hydrogens (tertiary/aromatic N) is 6. The number of methoxy groups -OCH3 is 2. The standard InChI is InChI=1S/C23H25FN4O4S.C17H18FNO3.C6H9N3O2S.CH4/c1-14(2)18-11-16(24)12-19(15-6-8-25-22(10-15)32-3)20(18)13-21(29)27-33(30,31)23-7-9-28(26-23)17-4-5-17;1-10(2)13-7-12(18)8-14(15(13)9-17(20)21)11-4-5-19-16(6-11)22-3;7-12(10,11)6-3-4-9(8-6)5-1-2-5;/h6-12,14,17H,4-5,13H2,1-3H3,(H,27,29);4-8,10H,9H2,1-3H3,(H,20,21);3-5H,1-2H2,(H2,7,10,11);1H4. The normalized spacial score (nSPS) is 13.4. The molecule has 2 aliphatic rings. The van der Waals surface area contributed by atoms with Crippen LogP contribution in [0.3, 0.4) is 0 Å². The number of carboxylic acids is 1. The van der Waals surface area contributed by atoms with Gasteiger partial charge in [-0.25, -0.2) is 37.0 Å². The topological polar surface area (TPSA) is 241 Å². The quantitative estimate of drug-likeness (QED) is 0.0893. The number of aliphatic carboxylic acids is 1. The summed E-state index contributed by atoms with van der Waals surface area (Å²) in [6, 6.07) is 15.6. The van der Waals surface area contributed by atoms with Crippen LogP contribution < -0.4 is 19.3 Å². The Balaban J connectivity index is 0.000000211. The van der Waals surface area contributed by atoms with Gasteiger partial charge in [0, 0.05) is 36.9 Å². The van der Waals surface area contributed by atoms with Crippen molar-refractivity contribution in [3.05, 3.63) is 119 Å². The molecule has 2 saturated carbocycles. The zero-order valence-electron chi connectivity index (χ0n) is 37.7. The van der Waals surface area contributed by atoms with Crippen molar-refractivity contribution in [3.63, 3.8) is 0 Å². The third-order valence-corrected chi connectivity index (χ3v) is 12.8. The van der Waals surface area contributed by atoms with Crippen molar-refractivity contribution < 1.29 is 49.8 Å². The molecule has 6 aromatic rings. The lowest BCUT2D eigenvalue weighted by Gasteiger charge is -2.18. The lowest BCUT2D eigenvalue weighted by atomic mass is 9.88. The van der Waals surface area contributed by atoms with Crippen LogP contribution >= 0.6 is 0 Å². The number of hydrogen-bond donors (Lipinski definition) is 3. The van der Waals surface area contributed by atoms with Gasteiger partial charge in [-0.1, -0.05) is 35.1 Å². The molecule has 0 saturated heterocycles. The van der Waals surface area contributed by atoms with E-state index >= 15 is 0 Å². The summed E-state index contributed by atoms with van der Waals surface area (Å²) < 4.78 is 91.1. The Morgan fingerprint density at radius 1 is 0.721 bits per heavy atom. The van der Waals surface area contributed by atoms with Crippen LogP contribution in [0.15, 0.2) is 95.5 Å². The van der Waals surface area contributed by atoms with Gasteiger partial charge in [-0.05, 0) is 131 Å². The van der Waals surface area contributed by atoms with Crippen LogP contribution in [0.4, 0.5) is 8.78 Å². The van der Waals surface area contributed by atoms with Gasteiger partial charge in [-0.15, -0.1) is 0 Å². The van der Waals surface area contributed by atoms with Crippen molar-refractivity contribution in [1.82, 2.24) is 34.3 Å². The Bertz CT molecular complexity index is 2990. The maximum absolute atomic E-state index is 14.5. The third kappa shape index (κ3) is 13.5. The number of hydrogen-bond acceptors (Lipinski definition) is 12. The molecule has 0 aliphatic heterocycles. The number of ether oxygens (including phenoxy) is 2. The van der Waals surface area contributed by atoms with E-state index in [0.717, 1.165) is 25.7 Å². The summed E-state index contributed by atoms with van der Waals surface area (Å²) in [6.45, 7) is 7.59. The summed E-state index contributed by atoms with van der Waals surface area (Å²) in [4.78, 5) is 32.2. The molecule has 4 N–H and O–H groups in total. The average Bonchev–Trinajstić information content (AvgIpc) is 4.20. The molecule has 17 nitrogen and oxygen atoms in total. The molecule has 0 unspecified atom stereocenters. The van der Waals surface area contributed by atoms with Gasteiger partial charge in [0.15, 0.2) is 10.1 Å². The fourth-order valence-corrected chi connectivity index (χ4v) is 8.58. The van der Waals surface area contributed by atoms with E-state index in [1.165, 1.54) is 56.8 Å². The van der Waals surface area contributed by atoms with Gasteiger partial charge in [0.1, 0.15) is 11.6 Å². The van der Waals surface area contributed by atoms with Crippen LogP contribution in [0, 0.1) is 11.6 Å². The van der Waals surface area contributed by atoms with Gasteiger partial charge in [0.25, 0.3) is 20.0 Å². The summed E-state index contributed by atoms with van der Waals surface area (Å²) >= 11 is 0. The van der Waals surface area contributed by atoms with Crippen LogP contribution in [-0.4, -0.2) is 77.6 Å². The van der Waals surface area contributed by atoms with Crippen molar-refractivity contribution >= 4 is 31.9 Å². The van der Waals surface area contributed by atoms with Crippen molar-refractivity contribution in [2.45, 2.75) is 108 Å². The first-order valence-electron chi connectivity index (χ1n) is 21.2. The highest BCUT2D eigenvalue weighted by Gasteiger charge is 2.29. The van der Waals surface area contributed by atoms with Crippen molar-refractivity contribution in [3.8, 4) is 34.0 Å². The molecule has 0 radical (unpaired) electrons. The summed E-state index contributed by atoms with van der Waals surface area (Å²) in [5.41, 5.74) is 4.81. The molecule has 0 atom stereocenters. The Kier molecular flexibility index (Phi) is 17.0. The zero-order chi connectivity index (χ0) is 48.8. The molecule has 21 heteroatoms. The van der Waals surface area contributed by atoms with Crippen molar-refractivity contribution in [2.75, 3.05) is 14.2 Å². The zero-order valence-corrected chi connectivity index (χ0v) is 39.3. The van der Waals surface area contributed by atoms with Gasteiger partial charge < -0.3 is 14.6 Å². The third-order valence-electron chi connectivity index (χ3n) is 10.7. The van der Waals surface area contributed by atoms with Crippen LogP contribution in [0.25, 0.3) is 22.3 Å². The highest BCUT2D eigenvalue weighted by atomic mass is 32.2. The molecule has 8 rings (SSSR count). The van der Waals surface area contributed by atoms with Gasteiger partial charge >= 0.3 is 5.97 Å². The van der Waals surface area contributed by atoms with E-state index in [4.69, 9.17) is 14.6 Å². The Labute approximate surface area is 394 Å². The molecule has 1 amide bonds. The molecular weight excluding hydrogens is 923 g/mol. The molecule has 2 aliphatic carbocycles. The smallest absolute Gasteiger partial charge is 0.307 e. The van der Waals surface area contributed by atoms with E-state index in [2.05, 4.69) is 24.9 Å². The Hall–Kier alpha value is -6.58. The SMILES string of the molecule is C.COc1cc(-c2cc(F)cc(C(C)C)c2CC(=O)NS(=O)(=O)c2ccn(C3CC3)n2)ccn1.COc1cc(-c2cc(F)cc(C(C)C)c2CC(=O)O)ccn1.NS(=O)(=O)c1ccn(C2CC2)n1. The maximum atomic E-state index is 14.5. The second-order valence-electron chi connectivity index (χ2n) is 16.6. The average molecular weight is 979 g/mol. The number of carbonyl (C=O) groups excluding carboxylic acids is 1. The molecule has 0 bridgehead atoms. The number of sulfonamides is 2. The van der Waals surface area contributed by atoms with Gasteiger partial charge in [-0.3, -0.25) is 19.0 Å². The molecule has 4 aromatic heterocycles. The van der Waals surface area contributed by atoms with E-state index in [0.29, 0.717) is 62.3 Å². The second kappa shape index (κ2) is 22.0. The number of rotatable bonds is 15. The number of nitrogens with one attached hydrogen (secondary N) is 1. The van der Waals surface area contributed by atoms with Crippen LogP contribution in [-0.2, 0) is 42.5 Å². The Morgan fingerprint density at radius 2 is 1.15 bits per heavy atom. The minimum Gasteiger partial charge on any atom is -0.481 e. The number of carbonyl (C=O) groups is 2. The van der Waals surface area contributed by atoms with Crippen molar-refractivity contribution in [1.29, 1.82) is 0 Å². The highest BCUT2D eigenvalue weighted by molar-refractivity contribution is 7.90. The van der Waals surface area contributed by atoms with Gasteiger partial charge in [0.05, 0.1) is 39.1 Å². The fourth-order valence-electron chi connectivity index (χ4n) is 7.20. The van der Waals surface area contributed by atoms with E-state index in [9.17, 15) is 40.3 Å². The van der Waals surface area contributed by atoms with Crippen LogP contribution in [0.1, 0.15) is 107 Å². The predicted octanol–water partition coefficient (Wildman–Crippen LogP) is 7.75. The summed E-state index contributed by atoms with van der Waals surface area (Å²) in [5, 5.41) is 21.8. The number of nitrogens with two attached hydrogens (primary N) is 1. The van der Waals surface area contributed by atoms with Crippen LogP contribution in [0.5, 0.6) is 11.8 Å². The number of pyridine rings is 2. The first-order chi connectivity index (χ1) is 31.7.